The molecule has 0 aliphatic rings. The molecule has 0 fully saturated rings. The average Bonchev–Trinajstić information content (AvgIpc) is 2.98. The van der Waals surface area contributed by atoms with Crippen LogP contribution >= 0.6 is 0 Å². The second-order valence-corrected chi connectivity index (χ2v) is 7.01. The molecule has 0 aliphatic heterocycles. The Morgan fingerprint density at radius 2 is 1.79 bits per heavy atom. The summed E-state index contributed by atoms with van der Waals surface area (Å²) in [5.41, 5.74) is 1.09. The van der Waals surface area contributed by atoms with Gasteiger partial charge in [-0.25, -0.2) is 13.6 Å². The molecule has 0 spiro atoms. The summed E-state index contributed by atoms with van der Waals surface area (Å²) in [6.07, 6.45) is 0. The predicted molar refractivity (Wildman–Crippen MR) is 89.9 cm³/mol. The van der Waals surface area contributed by atoms with E-state index in [0.29, 0.717) is 11.3 Å². The highest BCUT2D eigenvalue weighted by molar-refractivity contribution is 7.89. The van der Waals surface area contributed by atoms with Crippen molar-refractivity contribution in [3.8, 4) is 0 Å². The van der Waals surface area contributed by atoms with Crippen molar-refractivity contribution >= 4 is 26.9 Å². The van der Waals surface area contributed by atoms with Gasteiger partial charge in [0, 0.05) is 10.9 Å². The van der Waals surface area contributed by atoms with Gasteiger partial charge in [-0.3, -0.25) is 4.79 Å². The molecule has 3 rings (SSSR count). The fourth-order valence-corrected chi connectivity index (χ4v) is 2.88. The topological polar surface area (TPSA) is 102 Å². The third-order valence-corrected chi connectivity index (χ3v) is 4.59. The van der Waals surface area contributed by atoms with Crippen molar-refractivity contribution in [2.24, 2.45) is 5.14 Å². The van der Waals surface area contributed by atoms with Crippen molar-refractivity contribution in [3.63, 3.8) is 0 Å². The van der Waals surface area contributed by atoms with Gasteiger partial charge in [0.05, 0.1) is 10.9 Å². The molecular weight excluding hydrogens is 328 g/mol. The highest BCUT2D eigenvalue weighted by Gasteiger charge is 2.16. The lowest BCUT2D eigenvalue weighted by atomic mass is 10.1. The largest absolute Gasteiger partial charge is 0.459 e. The fraction of sp³-hybridized carbons (Fsp3) is 0.118. The van der Waals surface area contributed by atoms with Crippen LogP contribution in [0.4, 0.5) is 0 Å². The number of benzene rings is 2. The predicted octanol–water partition coefficient (Wildman–Crippen LogP) is 2.57. The minimum atomic E-state index is -3.77. The Morgan fingerprint density at radius 3 is 2.42 bits per heavy atom. The van der Waals surface area contributed by atoms with Crippen LogP contribution in [0.2, 0.25) is 0 Å². The number of rotatable bonds is 4. The highest BCUT2D eigenvalue weighted by Crippen LogP contribution is 2.23. The first kappa shape index (κ1) is 16.2. The summed E-state index contributed by atoms with van der Waals surface area (Å²) >= 11 is 0. The number of amides is 1. The van der Waals surface area contributed by atoms with Crippen molar-refractivity contribution in [1.82, 2.24) is 5.32 Å². The molecule has 0 unspecified atom stereocenters. The first-order chi connectivity index (χ1) is 11.3. The maximum Gasteiger partial charge on any atom is 0.251 e. The molecule has 1 aromatic heterocycles. The summed E-state index contributed by atoms with van der Waals surface area (Å²) < 4.78 is 28.2. The number of carbonyl (C=O) groups is 1. The summed E-state index contributed by atoms with van der Waals surface area (Å²) in [5.74, 6) is 0.314. The Kier molecular flexibility index (Phi) is 4.13. The quantitative estimate of drug-likeness (QED) is 0.759. The van der Waals surface area contributed by atoms with Gasteiger partial charge >= 0.3 is 0 Å². The van der Waals surface area contributed by atoms with Crippen LogP contribution in [0.1, 0.15) is 29.1 Å². The molecule has 0 bridgehead atoms. The molecule has 124 valence electrons. The number of fused-ring (bicyclic) bond motifs is 1. The third-order valence-electron chi connectivity index (χ3n) is 3.66. The van der Waals surface area contributed by atoms with E-state index in [1.165, 1.54) is 24.3 Å². The first-order valence-corrected chi connectivity index (χ1v) is 8.81. The minimum absolute atomic E-state index is 0.0376. The molecule has 6 nitrogen and oxygen atoms in total. The smallest absolute Gasteiger partial charge is 0.251 e. The van der Waals surface area contributed by atoms with Gasteiger partial charge in [-0.05, 0) is 43.3 Å². The van der Waals surface area contributed by atoms with Gasteiger partial charge in [0.15, 0.2) is 0 Å². The van der Waals surface area contributed by atoms with Crippen LogP contribution in [0.3, 0.4) is 0 Å². The molecule has 0 saturated heterocycles. The number of nitrogens with one attached hydrogen (secondary N) is 1. The molecule has 0 saturated carbocycles. The number of para-hydroxylation sites is 1. The summed E-state index contributed by atoms with van der Waals surface area (Å²) in [7, 11) is -3.77. The second kappa shape index (κ2) is 6.10. The number of sulfonamides is 1. The Labute approximate surface area is 139 Å². The molecule has 2 aromatic carbocycles. The van der Waals surface area contributed by atoms with E-state index in [2.05, 4.69) is 5.32 Å². The van der Waals surface area contributed by atoms with Gasteiger partial charge < -0.3 is 9.73 Å². The van der Waals surface area contributed by atoms with Crippen LogP contribution in [-0.4, -0.2) is 14.3 Å². The zero-order valence-electron chi connectivity index (χ0n) is 12.9. The van der Waals surface area contributed by atoms with E-state index in [1.54, 1.807) is 0 Å². The van der Waals surface area contributed by atoms with Crippen molar-refractivity contribution in [1.29, 1.82) is 0 Å². The molecule has 1 amide bonds. The zero-order chi connectivity index (χ0) is 17.3. The molecule has 1 atom stereocenters. The SMILES string of the molecule is C[C@H](NC(=O)c1ccc(S(N)(=O)=O)cc1)c1cc2ccccc2o1. The van der Waals surface area contributed by atoms with E-state index < -0.39 is 10.0 Å². The fourth-order valence-electron chi connectivity index (χ4n) is 2.36. The van der Waals surface area contributed by atoms with E-state index in [-0.39, 0.29) is 16.8 Å². The van der Waals surface area contributed by atoms with E-state index in [1.807, 2.05) is 37.3 Å². The van der Waals surface area contributed by atoms with E-state index in [0.717, 1.165) is 11.0 Å². The molecule has 7 heteroatoms. The molecule has 24 heavy (non-hydrogen) atoms. The normalized spacial score (nSPS) is 12.9. The molecule has 3 aromatic rings. The van der Waals surface area contributed by atoms with Crippen LogP contribution in [0.25, 0.3) is 11.0 Å². The van der Waals surface area contributed by atoms with E-state index >= 15 is 0 Å². The van der Waals surface area contributed by atoms with E-state index in [9.17, 15) is 13.2 Å². The Morgan fingerprint density at radius 1 is 1.12 bits per heavy atom. The lowest BCUT2D eigenvalue weighted by Crippen LogP contribution is -2.26. The summed E-state index contributed by atoms with van der Waals surface area (Å²) in [4.78, 5) is 12.2. The maximum atomic E-state index is 12.3. The number of carbonyl (C=O) groups excluding carboxylic acids is 1. The Balaban J connectivity index is 1.76. The van der Waals surface area contributed by atoms with Crippen LogP contribution in [-0.2, 0) is 10.0 Å². The Bertz CT molecular complexity index is 958. The lowest BCUT2D eigenvalue weighted by Gasteiger charge is -2.11. The van der Waals surface area contributed by atoms with Crippen molar-refractivity contribution in [2.45, 2.75) is 17.9 Å². The van der Waals surface area contributed by atoms with Gasteiger partial charge in [-0.1, -0.05) is 18.2 Å². The average molecular weight is 344 g/mol. The van der Waals surface area contributed by atoms with E-state index in [4.69, 9.17) is 9.56 Å². The van der Waals surface area contributed by atoms with Crippen LogP contribution in [0.15, 0.2) is 63.9 Å². The van der Waals surface area contributed by atoms with Crippen LogP contribution < -0.4 is 10.5 Å². The zero-order valence-corrected chi connectivity index (χ0v) is 13.7. The van der Waals surface area contributed by atoms with Crippen molar-refractivity contribution < 1.29 is 17.6 Å². The summed E-state index contributed by atoms with van der Waals surface area (Å²) in [5, 5.41) is 8.82. The minimum Gasteiger partial charge on any atom is -0.459 e. The molecule has 0 aliphatic carbocycles. The summed E-state index contributed by atoms with van der Waals surface area (Å²) in [6, 6.07) is 14.6. The lowest BCUT2D eigenvalue weighted by molar-refractivity contribution is 0.0935. The standard InChI is InChI=1S/C17H16N2O4S/c1-11(16-10-13-4-2-3-5-15(13)23-16)19-17(20)12-6-8-14(9-7-12)24(18,21)22/h2-11H,1H3,(H,19,20)(H2,18,21,22)/t11-/m0/s1. The van der Waals surface area contributed by atoms with Crippen molar-refractivity contribution in [2.75, 3.05) is 0 Å². The number of furan rings is 1. The van der Waals surface area contributed by atoms with Gasteiger partial charge in [0.1, 0.15) is 11.3 Å². The number of hydrogen-bond donors (Lipinski definition) is 2. The molecular formula is C17H16N2O4S. The second-order valence-electron chi connectivity index (χ2n) is 5.45. The molecule has 1 heterocycles. The molecule has 0 radical (unpaired) electrons. The van der Waals surface area contributed by atoms with Crippen molar-refractivity contribution in [3.05, 3.63) is 65.9 Å². The van der Waals surface area contributed by atoms with Gasteiger partial charge in [0.2, 0.25) is 10.0 Å². The van der Waals surface area contributed by atoms with Crippen LogP contribution in [0, 0.1) is 0 Å². The number of hydrogen-bond acceptors (Lipinski definition) is 4. The Hall–Kier alpha value is -2.64. The van der Waals surface area contributed by atoms with Gasteiger partial charge in [0.25, 0.3) is 5.91 Å². The number of nitrogens with two attached hydrogens (primary N) is 1. The third kappa shape index (κ3) is 3.32. The molecule has 3 N–H and O–H groups in total. The number of primary sulfonamides is 1. The maximum absolute atomic E-state index is 12.3. The van der Waals surface area contributed by atoms with Gasteiger partial charge in [-0.15, -0.1) is 0 Å². The van der Waals surface area contributed by atoms with Gasteiger partial charge in [-0.2, -0.15) is 0 Å². The monoisotopic (exact) mass is 344 g/mol. The highest BCUT2D eigenvalue weighted by atomic mass is 32.2. The summed E-state index contributed by atoms with van der Waals surface area (Å²) in [6.45, 7) is 1.81. The van der Waals surface area contributed by atoms with Crippen LogP contribution in [0.5, 0.6) is 0 Å². The first-order valence-electron chi connectivity index (χ1n) is 7.27.